The molecule has 96 valence electrons. The summed E-state index contributed by atoms with van der Waals surface area (Å²) < 4.78 is 0. The topological polar surface area (TPSA) is 81.8 Å². The van der Waals surface area contributed by atoms with Gasteiger partial charge in [-0.15, -0.1) is 0 Å². The highest BCUT2D eigenvalue weighted by Gasteiger charge is 2.17. The highest BCUT2D eigenvalue weighted by atomic mass is 15.3. The summed E-state index contributed by atoms with van der Waals surface area (Å²) >= 11 is 0. The number of hydrogen-bond donors (Lipinski definition) is 3. The molecule has 3 rings (SSSR count). The Balaban J connectivity index is 2.03. The maximum Gasteiger partial charge on any atom is 0.226 e. The summed E-state index contributed by atoms with van der Waals surface area (Å²) in [7, 11) is 0. The van der Waals surface area contributed by atoms with Crippen LogP contribution in [0.15, 0.2) is 6.33 Å². The molecule has 3 N–H and O–H groups in total. The highest BCUT2D eigenvalue weighted by molar-refractivity contribution is 5.84. The summed E-state index contributed by atoms with van der Waals surface area (Å²) in [6, 6.07) is 0. The normalized spacial score (nSPS) is 16.2. The number of piperazine rings is 1. The zero-order valence-corrected chi connectivity index (χ0v) is 10.4. The molecule has 0 saturated carbocycles. The van der Waals surface area contributed by atoms with Crippen molar-refractivity contribution in [3.63, 3.8) is 0 Å². The molecular formula is C11H17N7. The van der Waals surface area contributed by atoms with E-state index in [-0.39, 0.29) is 0 Å². The second-order valence-corrected chi connectivity index (χ2v) is 4.24. The number of fused-ring (bicyclic) bond motifs is 1. The maximum atomic E-state index is 4.59. The van der Waals surface area contributed by atoms with E-state index in [0.717, 1.165) is 49.7 Å². The van der Waals surface area contributed by atoms with Crippen LogP contribution in [0.5, 0.6) is 0 Å². The fraction of sp³-hybridized carbons (Fsp3) is 0.545. The molecule has 0 amide bonds. The van der Waals surface area contributed by atoms with Crippen LogP contribution in [0.4, 0.5) is 11.8 Å². The van der Waals surface area contributed by atoms with Crippen molar-refractivity contribution < 1.29 is 0 Å². The van der Waals surface area contributed by atoms with Crippen molar-refractivity contribution in [2.75, 3.05) is 42.9 Å². The number of rotatable bonds is 3. The van der Waals surface area contributed by atoms with Crippen molar-refractivity contribution in [2.45, 2.75) is 6.92 Å². The van der Waals surface area contributed by atoms with Gasteiger partial charge in [0.1, 0.15) is 5.52 Å². The van der Waals surface area contributed by atoms with Crippen LogP contribution in [0, 0.1) is 0 Å². The maximum absolute atomic E-state index is 4.59. The van der Waals surface area contributed by atoms with Gasteiger partial charge < -0.3 is 20.5 Å². The standard InChI is InChI=1S/C11H17N7/c1-2-13-11-16-9-8(14-7-15-9)10(17-11)18-5-3-12-4-6-18/h7,12H,2-6H2,1H3,(H2,13,14,15,16,17). The monoisotopic (exact) mass is 247 g/mol. The molecule has 18 heavy (non-hydrogen) atoms. The van der Waals surface area contributed by atoms with Gasteiger partial charge in [0, 0.05) is 32.7 Å². The smallest absolute Gasteiger partial charge is 0.226 e. The summed E-state index contributed by atoms with van der Waals surface area (Å²) in [5.41, 5.74) is 1.63. The Labute approximate surface area is 105 Å². The number of imidazole rings is 1. The fourth-order valence-corrected chi connectivity index (χ4v) is 2.16. The van der Waals surface area contributed by atoms with E-state index in [4.69, 9.17) is 0 Å². The molecule has 0 spiro atoms. The second kappa shape index (κ2) is 4.77. The number of hydrogen-bond acceptors (Lipinski definition) is 6. The molecule has 0 aromatic carbocycles. The van der Waals surface area contributed by atoms with Crippen molar-refractivity contribution in [3.8, 4) is 0 Å². The lowest BCUT2D eigenvalue weighted by Gasteiger charge is -2.28. The Hall–Kier alpha value is -1.89. The van der Waals surface area contributed by atoms with E-state index in [9.17, 15) is 0 Å². The Morgan fingerprint density at radius 1 is 1.33 bits per heavy atom. The molecule has 3 heterocycles. The van der Waals surface area contributed by atoms with E-state index < -0.39 is 0 Å². The van der Waals surface area contributed by atoms with E-state index in [1.54, 1.807) is 6.33 Å². The molecule has 2 aromatic rings. The molecular weight excluding hydrogens is 230 g/mol. The van der Waals surface area contributed by atoms with Gasteiger partial charge in [0.15, 0.2) is 11.5 Å². The van der Waals surface area contributed by atoms with Crippen LogP contribution in [0.3, 0.4) is 0 Å². The third kappa shape index (κ3) is 1.97. The first-order valence-corrected chi connectivity index (χ1v) is 6.29. The Bertz CT molecular complexity index is 529. The summed E-state index contributed by atoms with van der Waals surface area (Å²) in [6.07, 6.45) is 1.67. The molecule has 7 heteroatoms. The molecule has 0 aliphatic carbocycles. The fourth-order valence-electron chi connectivity index (χ4n) is 2.16. The first kappa shape index (κ1) is 11.2. The molecule has 0 radical (unpaired) electrons. The zero-order valence-electron chi connectivity index (χ0n) is 10.4. The van der Waals surface area contributed by atoms with Crippen molar-refractivity contribution in [1.29, 1.82) is 0 Å². The van der Waals surface area contributed by atoms with E-state index in [2.05, 4.69) is 35.5 Å². The van der Waals surface area contributed by atoms with Crippen molar-refractivity contribution >= 4 is 22.9 Å². The summed E-state index contributed by atoms with van der Waals surface area (Å²) in [5, 5.41) is 6.49. The van der Waals surface area contributed by atoms with Gasteiger partial charge in [0.05, 0.1) is 6.33 Å². The largest absolute Gasteiger partial charge is 0.354 e. The molecule has 1 aliphatic rings. The van der Waals surface area contributed by atoms with Gasteiger partial charge in [-0.2, -0.15) is 9.97 Å². The first-order valence-electron chi connectivity index (χ1n) is 6.29. The molecule has 1 fully saturated rings. The predicted octanol–water partition coefficient (Wildman–Crippen LogP) is 0.194. The van der Waals surface area contributed by atoms with E-state index in [1.165, 1.54) is 0 Å². The number of aromatic nitrogens is 4. The van der Waals surface area contributed by atoms with Gasteiger partial charge in [-0.1, -0.05) is 0 Å². The molecule has 7 nitrogen and oxygen atoms in total. The van der Waals surface area contributed by atoms with Crippen LogP contribution >= 0.6 is 0 Å². The van der Waals surface area contributed by atoms with Crippen molar-refractivity contribution in [2.24, 2.45) is 0 Å². The first-order chi connectivity index (χ1) is 8.88. The van der Waals surface area contributed by atoms with Gasteiger partial charge in [-0.05, 0) is 6.92 Å². The van der Waals surface area contributed by atoms with E-state index in [1.807, 2.05) is 6.92 Å². The molecule has 0 atom stereocenters. The van der Waals surface area contributed by atoms with Gasteiger partial charge in [-0.3, -0.25) is 0 Å². The molecule has 2 aromatic heterocycles. The van der Waals surface area contributed by atoms with Crippen LogP contribution in [-0.4, -0.2) is 52.7 Å². The lowest BCUT2D eigenvalue weighted by molar-refractivity contribution is 0.586. The molecule has 1 saturated heterocycles. The van der Waals surface area contributed by atoms with Gasteiger partial charge in [0.25, 0.3) is 0 Å². The van der Waals surface area contributed by atoms with Gasteiger partial charge in [0.2, 0.25) is 5.95 Å². The Kier molecular flexibility index (Phi) is 2.97. The Morgan fingerprint density at radius 2 is 2.17 bits per heavy atom. The van der Waals surface area contributed by atoms with E-state index >= 15 is 0 Å². The third-order valence-corrected chi connectivity index (χ3v) is 3.02. The summed E-state index contributed by atoms with van der Waals surface area (Å²) in [5.74, 6) is 1.58. The number of nitrogens with zero attached hydrogens (tertiary/aromatic N) is 4. The molecule has 1 aliphatic heterocycles. The minimum atomic E-state index is 0.644. The van der Waals surface area contributed by atoms with Gasteiger partial charge >= 0.3 is 0 Å². The molecule has 0 unspecified atom stereocenters. The Morgan fingerprint density at radius 3 is 2.94 bits per heavy atom. The number of H-pyrrole nitrogens is 1. The minimum Gasteiger partial charge on any atom is -0.354 e. The average molecular weight is 247 g/mol. The minimum absolute atomic E-state index is 0.644. The number of aromatic amines is 1. The quantitative estimate of drug-likeness (QED) is 0.718. The van der Waals surface area contributed by atoms with Crippen molar-refractivity contribution in [3.05, 3.63) is 6.33 Å². The highest BCUT2D eigenvalue weighted by Crippen LogP contribution is 2.22. The van der Waals surface area contributed by atoms with Crippen LogP contribution in [0.1, 0.15) is 6.92 Å². The van der Waals surface area contributed by atoms with E-state index in [0.29, 0.717) is 5.95 Å². The lowest BCUT2D eigenvalue weighted by atomic mass is 10.3. The van der Waals surface area contributed by atoms with Crippen LogP contribution in [0.2, 0.25) is 0 Å². The van der Waals surface area contributed by atoms with Crippen LogP contribution < -0.4 is 15.5 Å². The molecule has 0 bridgehead atoms. The number of nitrogens with one attached hydrogen (secondary N) is 3. The van der Waals surface area contributed by atoms with Gasteiger partial charge in [-0.25, -0.2) is 4.98 Å². The lowest BCUT2D eigenvalue weighted by Crippen LogP contribution is -2.44. The third-order valence-electron chi connectivity index (χ3n) is 3.02. The van der Waals surface area contributed by atoms with Crippen molar-refractivity contribution in [1.82, 2.24) is 25.3 Å². The average Bonchev–Trinajstić information content (AvgIpc) is 2.87. The van der Waals surface area contributed by atoms with Crippen LogP contribution in [0.25, 0.3) is 11.2 Å². The zero-order chi connectivity index (χ0) is 12.4. The van der Waals surface area contributed by atoms with Crippen LogP contribution in [-0.2, 0) is 0 Å². The predicted molar refractivity (Wildman–Crippen MR) is 70.9 cm³/mol. The number of anilines is 2. The summed E-state index contributed by atoms with van der Waals surface area (Å²) in [6.45, 7) is 6.71. The SMILES string of the molecule is CCNc1nc(N2CCNCC2)c2[nH]cnc2n1. The second-order valence-electron chi connectivity index (χ2n) is 4.24. The summed E-state index contributed by atoms with van der Waals surface area (Å²) in [4.78, 5) is 18.6.